The number of nitrogens with zero attached hydrogens (tertiary/aromatic N) is 2. The first-order valence-electron chi connectivity index (χ1n) is 7.90. The zero-order chi connectivity index (χ0) is 17.9. The predicted octanol–water partition coefficient (Wildman–Crippen LogP) is 0.393. The summed E-state index contributed by atoms with van der Waals surface area (Å²) in [6, 6.07) is 10.6. The Kier molecular flexibility index (Phi) is 4.82. The number of rotatable bonds is 5. The molecule has 2 aromatic rings. The van der Waals surface area contributed by atoms with Gasteiger partial charge in [-0.2, -0.15) is 4.98 Å². The quantitative estimate of drug-likeness (QED) is 0.753. The van der Waals surface area contributed by atoms with Crippen molar-refractivity contribution in [1.29, 1.82) is 0 Å². The van der Waals surface area contributed by atoms with E-state index in [2.05, 4.69) is 4.98 Å². The van der Waals surface area contributed by atoms with Gasteiger partial charge >= 0.3 is 11.7 Å². The summed E-state index contributed by atoms with van der Waals surface area (Å²) < 4.78 is 12.2. The first-order chi connectivity index (χ1) is 12.0. The first-order valence-corrected chi connectivity index (χ1v) is 7.90. The van der Waals surface area contributed by atoms with Crippen LogP contribution in [0.3, 0.4) is 0 Å². The molecular formula is C17H19N3O5. The highest BCUT2D eigenvalue weighted by Gasteiger charge is 2.50. The summed E-state index contributed by atoms with van der Waals surface area (Å²) in [5, 5.41) is 9.35. The van der Waals surface area contributed by atoms with Crippen LogP contribution in [0.25, 0.3) is 0 Å². The van der Waals surface area contributed by atoms with E-state index in [1.54, 1.807) is 0 Å². The Morgan fingerprint density at radius 2 is 2.16 bits per heavy atom. The number of carbonyl (C=O) groups is 1. The molecule has 1 fully saturated rings. The Labute approximate surface area is 143 Å². The summed E-state index contributed by atoms with van der Waals surface area (Å²) in [6.07, 6.45) is 1.40. The topological polar surface area (TPSA) is 117 Å². The van der Waals surface area contributed by atoms with Crippen LogP contribution >= 0.6 is 0 Å². The van der Waals surface area contributed by atoms with E-state index in [0.717, 1.165) is 10.1 Å². The van der Waals surface area contributed by atoms with Crippen LogP contribution in [0.4, 0.5) is 5.82 Å². The molecule has 2 heterocycles. The normalized spacial score (nSPS) is 22.7. The van der Waals surface area contributed by atoms with E-state index in [-0.39, 0.29) is 25.5 Å². The molecule has 3 N–H and O–H groups in total. The fourth-order valence-electron chi connectivity index (χ4n) is 2.83. The summed E-state index contributed by atoms with van der Waals surface area (Å²) in [4.78, 5) is 28.7. The number of carbonyl (C=O) groups excluding carboxylic acids is 1. The second-order valence-electron chi connectivity index (χ2n) is 5.81. The van der Waals surface area contributed by atoms with Gasteiger partial charge in [0.15, 0.2) is 0 Å². The van der Waals surface area contributed by atoms with E-state index in [9.17, 15) is 14.7 Å². The first kappa shape index (κ1) is 17.1. The number of nitrogen functional groups attached to an aromatic ring is 1. The SMILES string of the molecule is Nc1ccn([C@@]2(C(=O)OCc3ccccc3)CC[C@@H](CO)O2)c(=O)n1. The second kappa shape index (κ2) is 7.04. The predicted molar refractivity (Wildman–Crippen MR) is 88.3 cm³/mol. The van der Waals surface area contributed by atoms with Gasteiger partial charge in [0.1, 0.15) is 12.4 Å². The third-order valence-electron chi connectivity index (χ3n) is 4.12. The van der Waals surface area contributed by atoms with Crippen molar-refractivity contribution < 1.29 is 19.4 Å². The van der Waals surface area contributed by atoms with Crippen molar-refractivity contribution in [3.05, 3.63) is 58.6 Å². The molecule has 0 aliphatic carbocycles. The monoisotopic (exact) mass is 345 g/mol. The van der Waals surface area contributed by atoms with Gasteiger partial charge in [-0.15, -0.1) is 0 Å². The Morgan fingerprint density at radius 3 is 2.80 bits per heavy atom. The van der Waals surface area contributed by atoms with Crippen molar-refractivity contribution in [3.63, 3.8) is 0 Å². The van der Waals surface area contributed by atoms with Crippen molar-refractivity contribution in [2.75, 3.05) is 12.3 Å². The molecule has 0 spiro atoms. The summed E-state index contributed by atoms with van der Waals surface area (Å²) in [5.41, 5.74) is 3.96. The molecule has 1 aliphatic rings. The maximum atomic E-state index is 12.8. The molecule has 25 heavy (non-hydrogen) atoms. The number of nitrogens with two attached hydrogens (primary N) is 1. The Hall–Kier alpha value is -2.71. The van der Waals surface area contributed by atoms with Crippen LogP contribution in [0.1, 0.15) is 18.4 Å². The molecule has 0 bridgehead atoms. The molecule has 0 radical (unpaired) electrons. The number of benzene rings is 1. The molecule has 0 saturated carbocycles. The largest absolute Gasteiger partial charge is 0.457 e. The van der Waals surface area contributed by atoms with Crippen molar-refractivity contribution in [2.24, 2.45) is 0 Å². The fraction of sp³-hybridized carbons (Fsp3) is 0.353. The van der Waals surface area contributed by atoms with E-state index < -0.39 is 23.5 Å². The van der Waals surface area contributed by atoms with E-state index in [1.165, 1.54) is 12.3 Å². The van der Waals surface area contributed by atoms with Gasteiger partial charge in [-0.3, -0.25) is 4.57 Å². The third kappa shape index (κ3) is 3.40. The third-order valence-corrected chi connectivity index (χ3v) is 4.12. The molecule has 1 saturated heterocycles. The lowest BCUT2D eigenvalue weighted by Gasteiger charge is -2.28. The minimum Gasteiger partial charge on any atom is -0.457 e. The number of ether oxygens (including phenoxy) is 2. The summed E-state index contributed by atoms with van der Waals surface area (Å²) in [5.74, 6) is -0.660. The maximum Gasteiger partial charge on any atom is 0.360 e. The minimum absolute atomic E-state index is 0.0470. The van der Waals surface area contributed by atoms with Crippen LogP contribution in [-0.2, 0) is 26.6 Å². The highest BCUT2D eigenvalue weighted by molar-refractivity contribution is 5.77. The van der Waals surface area contributed by atoms with Gasteiger partial charge in [0.05, 0.1) is 12.7 Å². The molecule has 1 aromatic carbocycles. The standard InChI is InChI=1S/C17H19N3O5/c18-14-7-9-20(16(23)19-14)17(8-6-13(10-21)25-17)15(22)24-11-12-4-2-1-3-5-12/h1-5,7,9,13,21H,6,8,10-11H2,(H2,18,19,23)/t13-,17-/m0/s1. The van der Waals surface area contributed by atoms with Gasteiger partial charge in [0, 0.05) is 12.6 Å². The number of hydrogen-bond acceptors (Lipinski definition) is 7. The van der Waals surface area contributed by atoms with Crippen LogP contribution in [0.15, 0.2) is 47.4 Å². The zero-order valence-electron chi connectivity index (χ0n) is 13.5. The van der Waals surface area contributed by atoms with Crippen LogP contribution in [-0.4, -0.2) is 33.3 Å². The average molecular weight is 345 g/mol. The van der Waals surface area contributed by atoms with E-state index in [1.807, 2.05) is 30.3 Å². The maximum absolute atomic E-state index is 12.8. The van der Waals surface area contributed by atoms with Gasteiger partial charge in [0.25, 0.3) is 0 Å². The average Bonchev–Trinajstić information content (AvgIpc) is 3.06. The van der Waals surface area contributed by atoms with Crippen molar-refractivity contribution in [3.8, 4) is 0 Å². The van der Waals surface area contributed by atoms with Gasteiger partial charge in [-0.1, -0.05) is 30.3 Å². The second-order valence-corrected chi connectivity index (χ2v) is 5.81. The summed E-state index contributed by atoms with van der Waals surface area (Å²) in [7, 11) is 0. The molecule has 0 unspecified atom stereocenters. The number of aromatic nitrogens is 2. The Bertz CT molecular complexity index is 807. The Morgan fingerprint density at radius 1 is 1.40 bits per heavy atom. The van der Waals surface area contributed by atoms with E-state index in [0.29, 0.717) is 6.42 Å². The number of aliphatic hydroxyl groups is 1. The molecule has 3 rings (SSSR count). The molecule has 132 valence electrons. The molecule has 8 heteroatoms. The van der Waals surface area contributed by atoms with E-state index >= 15 is 0 Å². The van der Waals surface area contributed by atoms with Crippen molar-refractivity contribution >= 4 is 11.8 Å². The highest BCUT2D eigenvalue weighted by atomic mass is 16.6. The molecule has 8 nitrogen and oxygen atoms in total. The molecular weight excluding hydrogens is 326 g/mol. The molecule has 1 aromatic heterocycles. The van der Waals surface area contributed by atoms with Crippen LogP contribution in [0.5, 0.6) is 0 Å². The zero-order valence-corrected chi connectivity index (χ0v) is 13.5. The van der Waals surface area contributed by atoms with Gasteiger partial charge in [-0.25, -0.2) is 9.59 Å². The number of hydrogen-bond donors (Lipinski definition) is 2. The Balaban J connectivity index is 1.89. The lowest BCUT2D eigenvalue weighted by molar-refractivity contribution is -0.190. The summed E-state index contributed by atoms with van der Waals surface area (Å²) in [6.45, 7) is -0.212. The lowest BCUT2D eigenvalue weighted by atomic mass is 10.1. The van der Waals surface area contributed by atoms with E-state index in [4.69, 9.17) is 15.2 Å². The van der Waals surface area contributed by atoms with Gasteiger partial charge in [0.2, 0.25) is 5.72 Å². The lowest BCUT2D eigenvalue weighted by Crippen LogP contribution is -2.49. The van der Waals surface area contributed by atoms with Crippen LogP contribution in [0.2, 0.25) is 0 Å². The number of aliphatic hydroxyl groups excluding tert-OH is 1. The minimum atomic E-state index is -1.65. The van der Waals surface area contributed by atoms with Crippen LogP contribution in [0, 0.1) is 0 Å². The summed E-state index contributed by atoms with van der Waals surface area (Å²) >= 11 is 0. The number of anilines is 1. The molecule has 1 aliphatic heterocycles. The number of esters is 1. The highest BCUT2D eigenvalue weighted by Crippen LogP contribution is 2.35. The van der Waals surface area contributed by atoms with Gasteiger partial charge in [-0.05, 0) is 18.1 Å². The van der Waals surface area contributed by atoms with Crippen molar-refractivity contribution in [1.82, 2.24) is 9.55 Å². The fourth-order valence-corrected chi connectivity index (χ4v) is 2.83. The smallest absolute Gasteiger partial charge is 0.360 e. The van der Waals surface area contributed by atoms with Crippen molar-refractivity contribution in [2.45, 2.75) is 31.3 Å². The van der Waals surface area contributed by atoms with Gasteiger partial charge < -0.3 is 20.3 Å². The molecule has 2 atom stereocenters. The molecule has 0 amide bonds. The van der Waals surface area contributed by atoms with Crippen LogP contribution < -0.4 is 11.4 Å².